The van der Waals surface area contributed by atoms with Gasteiger partial charge in [0.15, 0.2) is 5.78 Å². The van der Waals surface area contributed by atoms with Crippen LogP contribution in [0.25, 0.3) is 0 Å². The first kappa shape index (κ1) is 13.6. The Morgan fingerprint density at radius 2 is 1.94 bits per heavy atom. The SMILES string of the molecule is CC(=O)c1ccc(N(C)CC(C)(C)C)cc1O. The van der Waals surface area contributed by atoms with E-state index in [1.165, 1.54) is 6.92 Å². The van der Waals surface area contributed by atoms with E-state index >= 15 is 0 Å². The molecule has 0 aliphatic rings. The average Bonchev–Trinajstić information content (AvgIpc) is 2.14. The molecule has 0 bridgehead atoms. The van der Waals surface area contributed by atoms with Gasteiger partial charge in [-0.2, -0.15) is 0 Å². The second-order valence-electron chi connectivity index (χ2n) is 5.67. The Morgan fingerprint density at radius 3 is 2.35 bits per heavy atom. The topological polar surface area (TPSA) is 40.5 Å². The van der Waals surface area contributed by atoms with Crippen LogP contribution in [0.3, 0.4) is 0 Å². The van der Waals surface area contributed by atoms with Crippen LogP contribution in [0, 0.1) is 5.41 Å². The summed E-state index contributed by atoms with van der Waals surface area (Å²) in [7, 11) is 1.98. The van der Waals surface area contributed by atoms with Gasteiger partial charge in [-0.3, -0.25) is 4.79 Å². The van der Waals surface area contributed by atoms with Gasteiger partial charge in [0, 0.05) is 25.3 Å². The zero-order chi connectivity index (χ0) is 13.2. The molecule has 0 aliphatic carbocycles. The fourth-order valence-electron chi connectivity index (χ4n) is 1.86. The molecule has 0 saturated heterocycles. The number of phenols is 1. The van der Waals surface area contributed by atoms with Gasteiger partial charge in [-0.05, 0) is 24.5 Å². The van der Waals surface area contributed by atoms with Crippen LogP contribution >= 0.6 is 0 Å². The van der Waals surface area contributed by atoms with Crippen molar-refractivity contribution in [3.05, 3.63) is 23.8 Å². The molecule has 1 rings (SSSR count). The normalized spacial score (nSPS) is 11.4. The maximum absolute atomic E-state index is 11.2. The lowest BCUT2D eigenvalue weighted by Gasteiger charge is -2.28. The quantitative estimate of drug-likeness (QED) is 0.818. The number of ketones is 1. The van der Waals surface area contributed by atoms with Crippen LogP contribution in [0.2, 0.25) is 0 Å². The van der Waals surface area contributed by atoms with Crippen molar-refractivity contribution in [3.8, 4) is 5.75 Å². The predicted octanol–water partition coefficient (Wildman–Crippen LogP) is 3.08. The van der Waals surface area contributed by atoms with Gasteiger partial charge >= 0.3 is 0 Å². The maximum Gasteiger partial charge on any atom is 0.163 e. The Labute approximate surface area is 103 Å². The van der Waals surface area contributed by atoms with Crippen LogP contribution in [0.1, 0.15) is 38.1 Å². The van der Waals surface area contributed by atoms with Crippen molar-refractivity contribution < 1.29 is 9.90 Å². The third-order valence-corrected chi connectivity index (χ3v) is 2.51. The van der Waals surface area contributed by atoms with Crippen LogP contribution in [0.4, 0.5) is 5.69 Å². The standard InChI is InChI=1S/C14H21NO2/c1-10(16)12-7-6-11(8-13(12)17)15(5)9-14(2,3)4/h6-8,17H,9H2,1-5H3. The number of nitrogens with zero attached hydrogens (tertiary/aromatic N) is 1. The predicted molar refractivity (Wildman–Crippen MR) is 70.8 cm³/mol. The first-order valence-electron chi connectivity index (χ1n) is 5.76. The number of phenolic OH excluding ortho intramolecular Hbond substituents is 1. The van der Waals surface area contributed by atoms with Crippen molar-refractivity contribution in [1.29, 1.82) is 0 Å². The fourth-order valence-corrected chi connectivity index (χ4v) is 1.86. The number of carbonyl (C=O) groups excluding carboxylic acids is 1. The summed E-state index contributed by atoms with van der Waals surface area (Å²) in [5.74, 6) is -0.0664. The van der Waals surface area contributed by atoms with Crippen molar-refractivity contribution in [3.63, 3.8) is 0 Å². The van der Waals surface area contributed by atoms with Gasteiger partial charge in [0.1, 0.15) is 5.75 Å². The summed E-state index contributed by atoms with van der Waals surface area (Å²) in [5.41, 5.74) is 1.48. The van der Waals surface area contributed by atoms with Crippen molar-refractivity contribution in [1.82, 2.24) is 0 Å². The van der Waals surface area contributed by atoms with Crippen LogP contribution in [0.5, 0.6) is 5.75 Å². The van der Waals surface area contributed by atoms with Crippen LogP contribution in [0.15, 0.2) is 18.2 Å². The summed E-state index contributed by atoms with van der Waals surface area (Å²) in [5, 5.41) is 9.76. The van der Waals surface area contributed by atoms with Gasteiger partial charge in [0.2, 0.25) is 0 Å². The van der Waals surface area contributed by atoms with Crippen LogP contribution in [-0.4, -0.2) is 24.5 Å². The highest BCUT2D eigenvalue weighted by atomic mass is 16.3. The molecule has 0 fully saturated rings. The molecule has 0 aromatic heterocycles. The van der Waals surface area contributed by atoms with E-state index in [4.69, 9.17) is 0 Å². The highest BCUT2D eigenvalue weighted by molar-refractivity contribution is 5.97. The Bertz CT molecular complexity index is 419. The molecule has 0 unspecified atom stereocenters. The van der Waals surface area contributed by atoms with E-state index in [0.717, 1.165) is 12.2 Å². The lowest BCUT2D eigenvalue weighted by atomic mass is 9.96. The summed E-state index contributed by atoms with van der Waals surface area (Å²) >= 11 is 0. The third kappa shape index (κ3) is 3.77. The number of carbonyl (C=O) groups is 1. The summed E-state index contributed by atoms with van der Waals surface area (Å²) in [4.78, 5) is 13.3. The zero-order valence-electron chi connectivity index (χ0n) is 11.2. The molecule has 1 N–H and O–H groups in total. The van der Waals surface area contributed by atoms with Gasteiger partial charge in [0.05, 0.1) is 5.56 Å². The smallest absolute Gasteiger partial charge is 0.163 e. The number of hydrogen-bond acceptors (Lipinski definition) is 3. The molecule has 1 aromatic rings. The zero-order valence-corrected chi connectivity index (χ0v) is 11.2. The van der Waals surface area contributed by atoms with E-state index in [2.05, 4.69) is 25.7 Å². The second kappa shape index (κ2) is 4.78. The molecule has 17 heavy (non-hydrogen) atoms. The van der Waals surface area contributed by atoms with Crippen molar-refractivity contribution in [2.75, 3.05) is 18.5 Å². The first-order valence-corrected chi connectivity index (χ1v) is 5.76. The van der Waals surface area contributed by atoms with E-state index in [9.17, 15) is 9.90 Å². The average molecular weight is 235 g/mol. The molecule has 0 heterocycles. The van der Waals surface area contributed by atoms with Crippen molar-refractivity contribution in [2.24, 2.45) is 5.41 Å². The van der Waals surface area contributed by atoms with Crippen LogP contribution < -0.4 is 4.90 Å². The van der Waals surface area contributed by atoms with E-state index in [1.807, 2.05) is 13.1 Å². The van der Waals surface area contributed by atoms with Crippen molar-refractivity contribution in [2.45, 2.75) is 27.7 Å². The number of aromatic hydroxyl groups is 1. The highest BCUT2D eigenvalue weighted by Gasteiger charge is 2.15. The molecule has 0 spiro atoms. The largest absolute Gasteiger partial charge is 0.507 e. The minimum absolute atomic E-state index is 0.0516. The molecular formula is C14H21NO2. The second-order valence-corrected chi connectivity index (χ2v) is 5.67. The summed E-state index contributed by atoms with van der Waals surface area (Å²) in [6.45, 7) is 8.81. The molecule has 3 heteroatoms. The molecular weight excluding hydrogens is 214 g/mol. The van der Waals surface area contributed by atoms with E-state index in [0.29, 0.717) is 5.56 Å². The molecule has 3 nitrogen and oxygen atoms in total. The molecule has 1 aromatic carbocycles. The first-order chi connectivity index (χ1) is 7.70. The van der Waals surface area contributed by atoms with E-state index in [-0.39, 0.29) is 16.9 Å². The number of Topliss-reactive ketones (excluding diaryl/α,β-unsaturated/α-hetero) is 1. The lowest BCUT2D eigenvalue weighted by Crippen LogP contribution is -2.29. The molecule has 0 atom stereocenters. The van der Waals surface area contributed by atoms with Gasteiger partial charge in [0.25, 0.3) is 0 Å². The van der Waals surface area contributed by atoms with E-state index < -0.39 is 0 Å². The molecule has 0 amide bonds. The van der Waals surface area contributed by atoms with Crippen LogP contribution in [-0.2, 0) is 0 Å². The number of benzene rings is 1. The molecule has 0 saturated carbocycles. The number of hydrogen-bond donors (Lipinski definition) is 1. The monoisotopic (exact) mass is 235 g/mol. The molecule has 0 radical (unpaired) electrons. The fraction of sp³-hybridized carbons (Fsp3) is 0.500. The Morgan fingerprint density at radius 1 is 1.35 bits per heavy atom. The van der Waals surface area contributed by atoms with Gasteiger partial charge in [-0.15, -0.1) is 0 Å². The summed E-state index contributed by atoms with van der Waals surface area (Å²) in [6.07, 6.45) is 0. The Balaban J connectivity index is 2.94. The summed E-state index contributed by atoms with van der Waals surface area (Å²) < 4.78 is 0. The summed E-state index contributed by atoms with van der Waals surface area (Å²) in [6, 6.07) is 5.18. The minimum atomic E-state index is -0.118. The van der Waals surface area contributed by atoms with Gasteiger partial charge in [-0.25, -0.2) is 0 Å². The molecule has 0 aliphatic heterocycles. The maximum atomic E-state index is 11.2. The highest BCUT2D eigenvalue weighted by Crippen LogP contribution is 2.26. The van der Waals surface area contributed by atoms with Gasteiger partial charge in [-0.1, -0.05) is 20.8 Å². The Kier molecular flexibility index (Phi) is 3.81. The van der Waals surface area contributed by atoms with Crippen molar-refractivity contribution >= 4 is 11.5 Å². The number of rotatable bonds is 3. The van der Waals surface area contributed by atoms with Gasteiger partial charge < -0.3 is 10.0 Å². The Hall–Kier alpha value is -1.51. The molecule has 94 valence electrons. The third-order valence-electron chi connectivity index (χ3n) is 2.51. The lowest BCUT2D eigenvalue weighted by molar-refractivity contribution is 0.101. The minimum Gasteiger partial charge on any atom is -0.507 e. The van der Waals surface area contributed by atoms with E-state index in [1.54, 1.807) is 12.1 Å². The number of anilines is 1.